The molecule has 1 rings (SSSR count). The Morgan fingerprint density at radius 2 is 2.42 bits per heavy atom. The minimum atomic E-state index is -0.447. The standard InChI is InChI=1S/C7H10N2O3/c1-4-5(3-6(10)12-2)7(11)9-8-4/h5H,3H2,1-2H3,(H,9,11)/t5-/m0/s1. The number of rotatable bonds is 2. The van der Waals surface area contributed by atoms with E-state index in [2.05, 4.69) is 15.3 Å². The molecule has 0 aromatic rings. The molecule has 0 aliphatic carbocycles. The van der Waals surface area contributed by atoms with Crippen LogP contribution in [0.15, 0.2) is 5.10 Å². The minimum absolute atomic E-state index is 0.0671. The number of hydrogen-bond donors (Lipinski definition) is 1. The maximum absolute atomic E-state index is 11.0. The fourth-order valence-electron chi connectivity index (χ4n) is 0.979. The molecule has 1 amide bonds. The largest absolute Gasteiger partial charge is 0.469 e. The third-order valence-corrected chi connectivity index (χ3v) is 1.76. The highest BCUT2D eigenvalue weighted by Gasteiger charge is 2.29. The Morgan fingerprint density at radius 1 is 1.75 bits per heavy atom. The summed E-state index contributed by atoms with van der Waals surface area (Å²) < 4.78 is 4.43. The lowest BCUT2D eigenvalue weighted by Crippen LogP contribution is -2.25. The van der Waals surface area contributed by atoms with E-state index in [0.29, 0.717) is 5.71 Å². The molecule has 0 spiro atoms. The molecule has 5 heteroatoms. The Balaban J connectivity index is 2.57. The summed E-state index contributed by atoms with van der Waals surface area (Å²) in [5, 5.41) is 3.70. The second kappa shape index (κ2) is 3.34. The van der Waals surface area contributed by atoms with Crippen LogP contribution >= 0.6 is 0 Å². The number of ether oxygens (including phenoxy) is 1. The fourth-order valence-corrected chi connectivity index (χ4v) is 0.979. The lowest BCUT2D eigenvalue weighted by Gasteiger charge is -2.04. The molecule has 0 bridgehead atoms. The Labute approximate surface area is 69.8 Å². The molecule has 5 nitrogen and oxygen atoms in total. The van der Waals surface area contributed by atoms with Gasteiger partial charge in [-0.1, -0.05) is 0 Å². The van der Waals surface area contributed by atoms with Gasteiger partial charge in [-0.3, -0.25) is 9.59 Å². The van der Waals surface area contributed by atoms with Gasteiger partial charge >= 0.3 is 5.97 Å². The van der Waals surface area contributed by atoms with Crippen LogP contribution < -0.4 is 5.43 Å². The van der Waals surface area contributed by atoms with E-state index < -0.39 is 11.9 Å². The molecule has 0 aromatic carbocycles. The fraction of sp³-hybridized carbons (Fsp3) is 0.571. The van der Waals surface area contributed by atoms with Gasteiger partial charge in [0, 0.05) is 5.71 Å². The molecular formula is C7H10N2O3. The van der Waals surface area contributed by atoms with E-state index in [4.69, 9.17) is 0 Å². The summed E-state index contributed by atoms with van der Waals surface area (Å²) in [4.78, 5) is 21.8. The average molecular weight is 170 g/mol. The highest BCUT2D eigenvalue weighted by atomic mass is 16.5. The highest BCUT2D eigenvalue weighted by Crippen LogP contribution is 2.11. The van der Waals surface area contributed by atoms with Gasteiger partial charge in [-0.05, 0) is 6.92 Å². The third-order valence-electron chi connectivity index (χ3n) is 1.76. The molecule has 0 fully saturated rings. The molecule has 66 valence electrons. The number of nitrogens with zero attached hydrogens (tertiary/aromatic N) is 1. The van der Waals surface area contributed by atoms with Gasteiger partial charge in [0.15, 0.2) is 0 Å². The monoisotopic (exact) mass is 170 g/mol. The molecule has 0 radical (unpaired) electrons. The van der Waals surface area contributed by atoms with Crippen molar-refractivity contribution in [3.63, 3.8) is 0 Å². The number of hydrazone groups is 1. The summed E-state index contributed by atoms with van der Waals surface area (Å²) in [5.74, 6) is -1.08. The van der Waals surface area contributed by atoms with Crippen LogP contribution in [0, 0.1) is 5.92 Å². The summed E-state index contributed by atoms with van der Waals surface area (Å²) in [5.41, 5.74) is 2.92. The van der Waals surface area contributed by atoms with Crippen molar-refractivity contribution >= 4 is 17.6 Å². The van der Waals surface area contributed by atoms with E-state index in [0.717, 1.165) is 0 Å². The minimum Gasteiger partial charge on any atom is -0.469 e. The molecule has 12 heavy (non-hydrogen) atoms. The lowest BCUT2D eigenvalue weighted by atomic mass is 10.0. The predicted octanol–water partition coefficient (Wildman–Crippen LogP) is -0.329. The molecule has 0 saturated carbocycles. The van der Waals surface area contributed by atoms with Crippen LogP contribution in [0.5, 0.6) is 0 Å². The van der Waals surface area contributed by atoms with Gasteiger partial charge in [-0.15, -0.1) is 0 Å². The van der Waals surface area contributed by atoms with Gasteiger partial charge in [-0.2, -0.15) is 5.10 Å². The van der Waals surface area contributed by atoms with Crippen molar-refractivity contribution in [1.82, 2.24) is 5.43 Å². The van der Waals surface area contributed by atoms with Crippen LogP contribution in [0.3, 0.4) is 0 Å². The summed E-state index contributed by atoms with van der Waals surface area (Å²) in [6.07, 6.45) is 0.0671. The SMILES string of the molecule is COC(=O)C[C@@H]1C(=O)NN=C1C. The third kappa shape index (κ3) is 1.61. The summed E-state index contributed by atoms with van der Waals surface area (Å²) in [6, 6.07) is 0. The van der Waals surface area contributed by atoms with Gasteiger partial charge < -0.3 is 4.74 Å². The molecule has 1 heterocycles. The Kier molecular flexibility index (Phi) is 2.42. The normalized spacial score (nSPS) is 21.7. The van der Waals surface area contributed by atoms with Gasteiger partial charge in [0.2, 0.25) is 5.91 Å². The highest BCUT2D eigenvalue weighted by molar-refractivity contribution is 6.08. The smallest absolute Gasteiger partial charge is 0.306 e. The summed E-state index contributed by atoms with van der Waals surface area (Å²) in [7, 11) is 1.29. The second-order valence-corrected chi connectivity index (χ2v) is 2.56. The van der Waals surface area contributed by atoms with E-state index in [1.807, 2.05) is 0 Å². The first-order valence-corrected chi connectivity index (χ1v) is 3.56. The van der Waals surface area contributed by atoms with E-state index in [9.17, 15) is 9.59 Å². The van der Waals surface area contributed by atoms with Crippen LogP contribution in [-0.2, 0) is 14.3 Å². The Bertz CT molecular complexity index is 247. The zero-order chi connectivity index (χ0) is 9.14. The van der Waals surface area contributed by atoms with Crippen molar-refractivity contribution in [1.29, 1.82) is 0 Å². The topological polar surface area (TPSA) is 67.8 Å². The second-order valence-electron chi connectivity index (χ2n) is 2.56. The van der Waals surface area contributed by atoms with Crippen LogP contribution in [0.4, 0.5) is 0 Å². The zero-order valence-corrected chi connectivity index (χ0v) is 6.96. The van der Waals surface area contributed by atoms with E-state index in [-0.39, 0.29) is 12.3 Å². The molecule has 0 aromatic heterocycles. The number of amides is 1. The Morgan fingerprint density at radius 3 is 2.83 bits per heavy atom. The summed E-state index contributed by atoms with van der Waals surface area (Å²) in [6.45, 7) is 1.70. The van der Waals surface area contributed by atoms with Crippen molar-refractivity contribution in [3.05, 3.63) is 0 Å². The van der Waals surface area contributed by atoms with Gasteiger partial charge in [0.1, 0.15) is 0 Å². The molecule has 0 unspecified atom stereocenters. The first-order valence-electron chi connectivity index (χ1n) is 3.56. The number of esters is 1. The number of carbonyl (C=O) groups excluding carboxylic acids is 2. The van der Waals surface area contributed by atoms with E-state index in [1.54, 1.807) is 6.92 Å². The predicted molar refractivity (Wildman–Crippen MR) is 41.4 cm³/mol. The first-order chi connectivity index (χ1) is 5.65. The molecule has 0 saturated heterocycles. The number of carbonyl (C=O) groups is 2. The van der Waals surface area contributed by atoms with Crippen molar-refractivity contribution in [2.45, 2.75) is 13.3 Å². The lowest BCUT2D eigenvalue weighted by molar-refractivity contribution is -0.142. The first kappa shape index (κ1) is 8.70. The van der Waals surface area contributed by atoms with Crippen LogP contribution in [0.1, 0.15) is 13.3 Å². The molecular weight excluding hydrogens is 160 g/mol. The van der Waals surface area contributed by atoms with Gasteiger partial charge in [0.05, 0.1) is 19.4 Å². The molecule has 1 aliphatic rings. The molecule has 1 atom stereocenters. The average Bonchev–Trinajstić information content (AvgIpc) is 2.35. The number of methoxy groups -OCH3 is 1. The van der Waals surface area contributed by atoms with Crippen molar-refractivity contribution in [2.75, 3.05) is 7.11 Å². The van der Waals surface area contributed by atoms with Crippen LogP contribution in [-0.4, -0.2) is 24.7 Å². The van der Waals surface area contributed by atoms with E-state index >= 15 is 0 Å². The zero-order valence-electron chi connectivity index (χ0n) is 6.96. The van der Waals surface area contributed by atoms with Crippen molar-refractivity contribution < 1.29 is 14.3 Å². The molecule has 1 N–H and O–H groups in total. The van der Waals surface area contributed by atoms with Crippen molar-refractivity contribution in [3.8, 4) is 0 Å². The Hall–Kier alpha value is -1.39. The molecule has 1 aliphatic heterocycles. The summed E-state index contributed by atoms with van der Waals surface area (Å²) >= 11 is 0. The maximum Gasteiger partial charge on any atom is 0.306 e. The number of nitrogens with one attached hydrogen (secondary N) is 1. The quantitative estimate of drug-likeness (QED) is 0.577. The number of hydrogen-bond acceptors (Lipinski definition) is 4. The van der Waals surface area contributed by atoms with Crippen LogP contribution in [0.25, 0.3) is 0 Å². The maximum atomic E-state index is 11.0. The van der Waals surface area contributed by atoms with Gasteiger partial charge in [-0.25, -0.2) is 5.43 Å². The van der Waals surface area contributed by atoms with Gasteiger partial charge in [0.25, 0.3) is 0 Å². The van der Waals surface area contributed by atoms with Crippen LogP contribution in [0.2, 0.25) is 0 Å². The van der Waals surface area contributed by atoms with E-state index in [1.165, 1.54) is 7.11 Å². The van der Waals surface area contributed by atoms with Crippen molar-refractivity contribution in [2.24, 2.45) is 11.0 Å².